The molecular formula is C10H21NO. The van der Waals surface area contributed by atoms with Crippen molar-refractivity contribution in [3.05, 3.63) is 0 Å². The zero-order chi connectivity index (χ0) is 9.03. The van der Waals surface area contributed by atoms with Crippen LogP contribution in [-0.4, -0.2) is 23.8 Å². The van der Waals surface area contributed by atoms with E-state index in [9.17, 15) is 0 Å². The zero-order valence-corrected chi connectivity index (χ0v) is 8.27. The molecule has 72 valence electrons. The maximum atomic E-state index is 9.00. The van der Waals surface area contributed by atoms with E-state index in [2.05, 4.69) is 19.2 Å². The molecule has 0 aromatic heterocycles. The summed E-state index contributed by atoms with van der Waals surface area (Å²) in [4.78, 5) is 0. The molecule has 1 saturated carbocycles. The second-order valence-electron chi connectivity index (χ2n) is 4.40. The first kappa shape index (κ1) is 10.0. The summed E-state index contributed by atoms with van der Waals surface area (Å²) in [5.41, 5.74) is 0.136. The molecular weight excluding hydrogens is 150 g/mol. The molecule has 1 fully saturated rings. The van der Waals surface area contributed by atoms with Gasteiger partial charge in [-0.1, -0.05) is 13.8 Å². The average Bonchev–Trinajstić information content (AvgIpc) is 2.79. The van der Waals surface area contributed by atoms with Crippen LogP contribution in [0.2, 0.25) is 0 Å². The monoisotopic (exact) mass is 171 g/mol. The van der Waals surface area contributed by atoms with Gasteiger partial charge in [-0.2, -0.15) is 0 Å². The minimum absolute atomic E-state index is 0.136. The molecule has 0 unspecified atom stereocenters. The standard InChI is InChI=1S/C10H21NO/c1-9(2)4-3-7-11-10(8-12)5-6-10/h9,11-12H,3-8H2,1-2H3. The van der Waals surface area contributed by atoms with Crippen LogP contribution in [0.4, 0.5) is 0 Å². The van der Waals surface area contributed by atoms with E-state index in [0.29, 0.717) is 6.61 Å². The lowest BCUT2D eigenvalue weighted by Gasteiger charge is -2.14. The maximum absolute atomic E-state index is 9.00. The Morgan fingerprint density at radius 1 is 1.42 bits per heavy atom. The maximum Gasteiger partial charge on any atom is 0.0613 e. The van der Waals surface area contributed by atoms with E-state index in [0.717, 1.165) is 25.3 Å². The van der Waals surface area contributed by atoms with Crippen molar-refractivity contribution in [1.29, 1.82) is 0 Å². The Morgan fingerprint density at radius 3 is 2.50 bits per heavy atom. The summed E-state index contributed by atoms with van der Waals surface area (Å²) in [7, 11) is 0. The molecule has 2 nitrogen and oxygen atoms in total. The van der Waals surface area contributed by atoms with E-state index in [1.54, 1.807) is 0 Å². The molecule has 2 heteroatoms. The van der Waals surface area contributed by atoms with Crippen LogP contribution < -0.4 is 5.32 Å². The Balaban J connectivity index is 1.95. The number of nitrogens with one attached hydrogen (secondary N) is 1. The van der Waals surface area contributed by atoms with E-state index in [4.69, 9.17) is 5.11 Å². The number of hydrogen-bond acceptors (Lipinski definition) is 2. The van der Waals surface area contributed by atoms with Gasteiger partial charge < -0.3 is 10.4 Å². The largest absolute Gasteiger partial charge is 0.394 e. The van der Waals surface area contributed by atoms with Gasteiger partial charge in [-0.3, -0.25) is 0 Å². The molecule has 12 heavy (non-hydrogen) atoms. The van der Waals surface area contributed by atoms with E-state index in [1.165, 1.54) is 12.8 Å². The van der Waals surface area contributed by atoms with Crippen molar-refractivity contribution in [2.75, 3.05) is 13.2 Å². The number of hydrogen-bond donors (Lipinski definition) is 2. The molecule has 0 aromatic rings. The highest BCUT2D eigenvalue weighted by Crippen LogP contribution is 2.34. The number of rotatable bonds is 6. The first-order chi connectivity index (χ1) is 5.68. The molecule has 2 N–H and O–H groups in total. The second-order valence-corrected chi connectivity index (χ2v) is 4.40. The Bertz CT molecular complexity index is 130. The molecule has 0 radical (unpaired) electrons. The Hall–Kier alpha value is -0.0800. The summed E-state index contributed by atoms with van der Waals surface area (Å²) >= 11 is 0. The van der Waals surface area contributed by atoms with Crippen molar-refractivity contribution in [2.24, 2.45) is 5.92 Å². The summed E-state index contributed by atoms with van der Waals surface area (Å²) in [6.45, 7) is 5.88. The smallest absolute Gasteiger partial charge is 0.0613 e. The first-order valence-corrected chi connectivity index (χ1v) is 5.04. The van der Waals surface area contributed by atoms with Gasteiger partial charge in [0.2, 0.25) is 0 Å². The summed E-state index contributed by atoms with van der Waals surface area (Å²) < 4.78 is 0. The van der Waals surface area contributed by atoms with Gasteiger partial charge in [0.05, 0.1) is 6.61 Å². The van der Waals surface area contributed by atoms with Gasteiger partial charge in [0.25, 0.3) is 0 Å². The predicted octanol–water partition coefficient (Wildman–Crippen LogP) is 1.54. The van der Waals surface area contributed by atoms with Crippen LogP contribution in [-0.2, 0) is 0 Å². The Labute approximate surface area is 75.4 Å². The lowest BCUT2D eigenvalue weighted by molar-refractivity contribution is 0.229. The molecule has 1 rings (SSSR count). The molecule has 1 aliphatic carbocycles. The van der Waals surface area contributed by atoms with Crippen LogP contribution in [0.3, 0.4) is 0 Å². The van der Waals surface area contributed by atoms with E-state index in [1.807, 2.05) is 0 Å². The minimum atomic E-state index is 0.136. The quantitative estimate of drug-likeness (QED) is 0.594. The van der Waals surface area contributed by atoms with E-state index >= 15 is 0 Å². The fraction of sp³-hybridized carbons (Fsp3) is 1.00. The lowest BCUT2D eigenvalue weighted by atomic mass is 10.1. The summed E-state index contributed by atoms with van der Waals surface area (Å²) in [5.74, 6) is 0.802. The number of aliphatic hydroxyl groups is 1. The predicted molar refractivity (Wildman–Crippen MR) is 51.1 cm³/mol. The van der Waals surface area contributed by atoms with Gasteiger partial charge in [0.15, 0.2) is 0 Å². The molecule has 0 aliphatic heterocycles. The van der Waals surface area contributed by atoms with Gasteiger partial charge in [0.1, 0.15) is 0 Å². The van der Waals surface area contributed by atoms with Crippen molar-refractivity contribution < 1.29 is 5.11 Å². The molecule has 0 saturated heterocycles. The Morgan fingerprint density at radius 2 is 2.08 bits per heavy atom. The van der Waals surface area contributed by atoms with Crippen LogP contribution in [0.15, 0.2) is 0 Å². The minimum Gasteiger partial charge on any atom is -0.394 e. The number of aliphatic hydroxyl groups excluding tert-OH is 1. The van der Waals surface area contributed by atoms with Crippen molar-refractivity contribution in [3.63, 3.8) is 0 Å². The molecule has 0 spiro atoms. The van der Waals surface area contributed by atoms with E-state index in [-0.39, 0.29) is 5.54 Å². The first-order valence-electron chi connectivity index (χ1n) is 5.04. The Kier molecular flexibility index (Phi) is 3.53. The van der Waals surface area contributed by atoms with Crippen molar-refractivity contribution in [1.82, 2.24) is 5.32 Å². The van der Waals surface area contributed by atoms with Gasteiger partial charge in [-0.15, -0.1) is 0 Å². The van der Waals surface area contributed by atoms with Crippen LogP contribution >= 0.6 is 0 Å². The third kappa shape index (κ3) is 3.11. The van der Waals surface area contributed by atoms with Crippen molar-refractivity contribution in [3.8, 4) is 0 Å². The molecule has 0 aromatic carbocycles. The molecule has 0 bridgehead atoms. The third-order valence-electron chi connectivity index (χ3n) is 2.61. The van der Waals surface area contributed by atoms with Crippen molar-refractivity contribution >= 4 is 0 Å². The van der Waals surface area contributed by atoms with Gasteiger partial charge in [0, 0.05) is 5.54 Å². The zero-order valence-electron chi connectivity index (χ0n) is 8.27. The van der Waals surface area contributed by atoms with Crippen molar-refractivity contribution in [2.45, 2.75) is 45.1 Å². The van der Waals surface area contributed by atoms with Crippen LogP contribution in [0.5, 0.6) is 0 Å². The second kappa shape index (κ2) is 4.24. The molecule has 1 aliphatic rings. The van der Waals surface area contributed by atoms with Gasteiger partial charge in [-0.05, 0) is 38.1 Å². The fourth-order valence-electron chi connectivity index (χ4n) is 1.41. The summed E-state index contributed by atoms with van der Waals surface area (Å²) in [5, 5.41) is 12.4. The van der Waals surface area contributed by atoms with Crippen LogP contribution in [0.1, 0.15) is 39.5 Å². The highest BCUT2D eigenvalue weighted by Gasteiger charge is 2.40. The van der Waals surface area contributed by atoms with Crippen LogP contribution in [0.25, 0.3) is 0 Å². The van der Waals surface area contributed by atoms with Gasteiger partial charge in [-0.25, -0.2) is 0 Å². The highest BCUT2D eigenvalue weighted by molar-refractivity contribution is 5.01. The molecule has 0 atom stereocenters. The van der Waals surface area contributed by atoms with Crippen LogP contribution in [0, 0.1) is 5.92 Å². The lowest BCUT2D eigenvalue weighted by Crippen LogP contribution is -2.35. The third-order valence-corrected chi connectivity index (χ3v) is 2.61. The van der Waals surface area contributed by atoms with Gasteiger partial charge >= 0.3 is 0 Å². The fourth-order valence-corrected chi connectivity index (χ4v) is 1.41. The summed E-state index contributed by atoms with van der Waals surface area (Å²) in [6, 6.07) is 0. The SMILES string of the molecule is CC(C)CCCNC1(CO)CC1. The van der Waals surface area contributed by atoms with E-state index < -0.39 is 0 Å². The molecule has 0 amide bonds. The summed E-state index contributed by atoms with van der Waals surface area (Å²) in [6.07, 6.45) is 4.84. The topological polar surface area (TPSA) is 32.3 Å². The molecule has 0 heterocycles. The highest BCUT2D eigenvalue weighted by atomic mass is 16.3. The average molecular weight is 171 g/mol. The normalized spacial score (nSPS) is 20.0.